The van der Waals surface area contributed by atoms with Crippen LogP contribution in [0.4, 0.5) is 0 Å². The number of aromatic carboxylic acids is 1. The van der Waals surface area contributed by atoms with Gasteiger partial charge < -0.3 is 5.11 Å². The monoisotopic (exact) mass is 208 g/mol. The number of fused-ring (bicyclic) bond motifs is 1. The summed E-state index contributed by atoms with van der Waals surface area (Å²) in [7, 11) is 0. The molecule has 2 aromatic rings. The van der Waals surface area contributed by atoms with E-state index in [1.165, 1.54) is 6.20 Å². The fourth-order valence-electron chi connectivity index (χ4n) is 1.11. The van der Waals surface area contributed by atoms with Crippen molar-refractivity contribution >= 4 is 28.6 Å². The van der Waals surface area contributed by atoms with Crippen LogP contribution in [0.1, 0.15) is 10.5 Å². The summed E-state index contributed by atoms with van der Waals surface area (Å²) in [5.74, 6) is -1.10. The molecule has 70 valence electrons. The van der Waals surface area contributed by atoms with Gasteiger partial charge in [0.1, 0.15) is 5.52 Å². The number of aromatic nitrogens is 2. The maximum Gasteiger partial charge on any atom is 0.356 e. The minimum Gasteiger partial charge on any atom is -0.476 e. The smallest absolute Gasteiger partial charge is 0.356 e. The summed E-state index contributed by atoms with van der Waals surface area (Å²) in [6.45, 7) is 0. The summed E-state index contributed by atoms with van der Waals surface area (Å²) in [5, 5.41) is 9.14. The summed E-state index contributed by atoms with van der Waals surface area (Å²) in [5.41, 5.74) is 0.913. The van der Waals surface area contributed by atoms with Crippen LogP contribution in [-0.2, 0) is 0 Å². The van der Waals surface area contributed by atoms with Gasteiger partial charge in [0.05, 0.1) is 16.7 Å². The molecule has 1 aromatic heterocycles. The minimum atomic E-state index is -1.10. The second-order valence-corrected chi connectivity index (χ2v) is 3.08. The highest BCUT2D eigenvalue weighted by Gasteiger charge is 2.07. The van der Waals surface area contributed by atoms with Crippen molar-refractivity contribution in [3.05, 3.63) is 35.1 Å². The lowest BCUT2D eigenvalue weighted by atomic mass is 10.3. The molecule has 0 aliphatic rings. The fourth-order valence-corrected chi connectivity index (χ4v) is 1.33. The first kappa shape index (κ1) is 8.90. The van der Waals surface area contributed by atoms with Crippen molar-refractivity contribution in [2.45, 2.75) is 0 Å². The Morgan fingerprint density at radius 2 is 2.21 bits per heavy atom. The average molecular weight is 209 g/mol. The van der Waals surface area contributed by atoms with Gasteiger partial charge in [0, 0.05) is 0 Å². The number of carbonyl (C=O) groups is 1. The summed E-state index contributed by atoms with van der Waals surface area (Å²) in [6.07, 6.45) is 1.19. The van der Waals surface area contributed by atoms with Gasteiger partial charge >= 0.3 is 5.97 Å². The number of halogens is 1. The molecule has 14 heavy (non-hydrogen) atoms. The minimum absolute atomic E-state index is 0.0835. The standard InChI is InChI=1S/C9H5ClN2O2/c10-5-2-1-3-6-8(5)11-4-7(12-6)9(13)14/h1-4H,(H,13,14). The maximum atomic E-state index is 10.6. The number of nitrogens with zero attached hydrogens (tertiary/aromatic N) is 2. The lowest BCUT2D eigenvalue weighted by Gasteiger charge is -1.99. The SMILES string of the molecule is O=C(O)c1cnc2c(Cl)cccc2n1. The summed E-state index contributed by atoms with van der Waals surface area (Å²) >= 11 is 5.84. The number of benzene rings is 1. The van der Waals surface area contributed by atoms with E-state index >= 15 is 0 Å². The molecule has 0 amide bonds. The zero-order valence-corrected chi connectivity index (χ0v) is 7.69. The third-order valence-corrected chi connectivity index (χ3v) is 2.05. The van der Waals surface area contributed by atoms with Gasteiger partial charge in [0.25, 0.3) is 0 Å². The van der Waals surface area contributed by atoms with Crippen molar-refractivity contribution in [1.29, 1.82) is 0 Å². The molecule has 0 aliphatic carbocycles. The molecule has 1 heterocycles. The molecule has 0 saturated heterocycles. The Balaban J connectivity index is 2.73. The van der Waals surface area contributed by atoms with E-state index in [9.17, 15) is 4.79 Å². The van der Waals surface area contributed by atoms with Gasteiger partial charge in [-0.25, -0.2) is 9.78 Å². The molecule has 0 unspecified atom stereocenters. The number of rotatable bonds is 1. The largest absolute Gasteiger partial charge is 0.476 e. The first-order valence-electron chi connectivity index (χ1n) is 3.83. The molecule has 0 bridgehead atoms. The highest BCUT2D eigenvalue weighted by Crippen LogP contribution is 2.19. The quantitative estimate of drug-likeness (QED) is 0.779. The van der Waals surface area contributed by atoms with Gasteiger partial charge in [-0.15, -0.1) is 0 Å². The van der Waals surface area contributed by atoms with Gasteiger partial charge in [-0.05, 0) is 12.1 Å². The van der Waals surface area contributed by atoms with E-state index in [-0.39, 0.29) is 5.69 Å². The van der Waals surface area contributed by atoms with Gasteiger partial charge in [-0.1, -0.05) is 17.7 Å². The average Bonchev–Trinajstić information content (AvgIpc) is 2.17. The Kier molecular flexibility index (Phi) is 2.05. The number of hydrogen-bond donors (Lipinski definition) is 1. The Morgan fingerprint density at radius 3 is 2.93 bits per heavy atom. The molecule has 0 saturated carbocycles. The Bertz CT molecular complexity index is 513. The zero-order valence-electron chi connectivity index (χ0n) is 6.94. The van der Waals surface area contributed by atoms with E-state index in [2.05, 4.69) is 9.97 Å². The Morgan fingerprint density at radius 1 is 1.43 bits per heavy atom. The molecular weight excluding hydrogens is 204 g/mol. The van der Waals surface area contributed by atoms with E-state index in [1.807, 2.05) is 0 Å². The summed E-state index contributed by atoms with van der Waals surface area (Å²) in [4.78, 5) is 18.4. The highest BCUT2D eigenvalue weighted by atomic mass is 35.5. The van der Waals surface area contributed by atoms with Crippen LogP contribution in [0.5, 0.6) is 0 Å². The Labute approximate surface area is 84.2 Å². The van der Waals surface area contributed by atoms with Crippen molar-refractivity contribution in [2.24, 2.45) is 0 Å². The third kappa shape index (κ3) is 1.40. The van der Waals surface area contributed by atoms with Gasteiger partial charge in [-0.3, -0.25) is 4.98 Å². The second-order valence-electron chi connectivity index (χ2n) is 2.67. The lowest BCUT2D eigenvalue weighted by Crippen LogP contribution is -2.01. The van der Waals surface area contributed by atoms with Crippen molar-refractivity contribution in [1.82, 2.24) is 9.97 Å². The number of hydrogen-bond acceptors (Lipinski definition) is 3. The zero-order chi connectivity index (χ0) is 10.1. The van der Waals surface area contributed by atoms with Crippen molar-refractivity contribution in [3.63, 3.8) is 0 Å². The molecule has 0 atom stereocenters. The van der Waals surface area contributed by atoms with Crippen molar-refractivity contribution < 1.29 is 9.90 Å². The molecule has 1 aromatic carbocycles. The molecule has 0 aliphatic heterocycles. The number of carboxylic acid groups (broad SMARTS) is 1. The predicted molar refractivity (Wildman–Crippen MR) is 51.5 cm³/mol. The van der Waals surface area contributed by atoms with E-state index in [0.29, 0.717) is 16.1 Å². The number of para-hydroxylation sites is 1. The van der Waals surface area contributed by atoms with Crippen molar-refractivity contribution in [3.8, 4) is 0 Å². The molecule has 0 radical (unpaired) electrons. The van der Waals surface area contributed by atoms with E-state index in [1.54, 1.807) is 18.2 Å². The molecule has 1 N–H and O–H groups in total. The predicted octanol–water partition coefficient (Wildman–Crippen LogP) is 1.98. The first-order chi connectivity index (χ1) is 6.68. The van der Waals surface area contributed by atoms with Crippen LogP contribution in [0.15, 0.2) is 24.4 Å². The normalized spacial score (nSPS) is 10.4. The van der Waals surface area contributed by atoms with E-state index in [0.717, 1.165) is 0 Å². The Hall–Kier alpha value is -1.68. The van der Waals surface area contributed by atoms with Gasteiger partial charge in [0.2, 0.25) is 0 Å². The summed E-state index contributed by atoms with van der Waals surface area (Å²) < 4.78 is 0. The van der Waals surface area contributed by atoms with Crippen molar-refractivity contribution in [2.75, 3.05) is 0 Å². The van der Waals surface area contributed by atoms with Crippen LogP contribution in [-0.4, -0.2) is 21.0 Å². The molecule has 0 fully saturated rings. The number of carboxylic acids is 1. The van der Waals surface area contributed by atoms with Crippen LogP contribution in [0.25, 0.3) is 11.0 Å². The van der Waals surface area contributed by atoms with Crippen LogP contribution in [0, 0.1) is 0 Å². The molecule has 2 rings (SSSR count). The van der Waals surface area contributed by atoms with Crippen LogP contribution >= 0.6 is 11.6 Å². The van der Waals surface area contributed by atoms with Crippen LogP contribution in [0.2, 0.25) is 5.02 Å². The lowest BCUT2D eigenvalue weighted by molar-refractivity contribution is 0.0690. The topological polar surface area (TPSA) is 63.1 Å². The first-order valence-corrected chi connectivity index (χ1v) is 4.21. The van der Waals surface area contributed by atoms with E-state index in [4.69, 9.17) is 16.7 Å². The third-order valence-electron chi connectivity index (χ3n) is 1.74. The maximum absolute atomic E-state index is 10.6. The highest BCUT2D eigenvalue weighted by molar-refractivity contribution is 6.34. The van der Waals surface area contributed by atoms with Gasteiger partial charge in [0.15, 0.2) is 5.69 Å². The second kappa shape index (κ2) is 3.23. The van der Waals surface area contributed by atoms with E-state index < -0.39 is 5.97 Å². The molecule has 4 nitrogen and oxygen atoms in total. The molecule has 0 spiro atoms. The molecular formula is C9H5ClN2O2. The van der Waals surface area contributed by atoms with Gasteiger partial charge in [-0.2, -0.15) is 0 Å². The summed E-state index contributed by atoms with van der Waals surface area (Å²) in [6, 6.07) is 5.05. The fraction of sp³-hybridized carbons (Fsp3) is 0. The van der Waals surface area contributed by atoms with Crippen LogP contribution in [0.3, 0.4) is 0 Å². The van der Waals surface area contributed by atoms with Crippen LogP contribution < -0.4 is 0 Å². The molecule has 5 heteroatoms.